The first kappa shape index (κ1) is 13.6. The molecule has 5 nitrogen and oxygen atoms in total. The number of nitrogens with zero attached hydrogens (tertiary/aromatic N) is 1. The van der Waals surface area contributed by atoms with Gasteiger partial charge in [-0.2, -0.15) is 0 Å². The molecule has 1 aromatic carbocycles. The van der Waals surface area contributed by atoms with Crippen molar-refractivity contribution in [3.63, 3.8) is 0 Å². The van der Waals surface area contributed by atoms with Crippen molar-refractivity contribution in [2.45, 2.75) is 6.92 Å². The summed E-state index contributed by atoms with van der Waals surface area (Å²) in [6.07, 6.45) is 2.71. The summed E-state index contributed by atoms with van der Waals surface area (Å²) in [5, 5.41) is 8.60. The van der Waals surface area contributed by atoms with Gasteiger partial charge in [0.25, 0.3) is 5.91 Å². The number of aliphatic carboxylic acids is 1. The van der Waals surface area contributed by atoms with Crippen molar-refractivity contribution in [1.82, 2.24) is 4.90 Å². The molecule has 0 radical (unpaired) electrons. The molecule has 94 valence electrons. The fourth-order valence-electron chi connectivity index (χ4n) is 1.30. The first-order valence-electron chi connectivity index (χ1n) is 5.27. The zero-order valence-electron chi connectivity index (χ0n) is 9.87. The molecule has 1 rings (SSSR count). The number of carboxylic acid groups (broad SMARTS) is 1. The molecule has 0 saturated heterocycles. The van der Waals surface area contributed by atoms with Gasteiger partial charge in [0.1, 0.15) is 6.54 Å². The molecular formula is C13H13NO4. The standard InChI is InChI=1S/C13H13NO4/c1-10(15)14(9-13(17)18)12(16)8-7-11-5-3-2-4-6-11/h2-8H,9H2,1H3,(H,17,18). The molecule has 0 aliphatic rings. The highest BCUT2D eigenvalue weighted by atomic mass is 16.4. The van der Waals surface area contributed by atoms with Crippen LogP contribution in [0.5, 0.6) is 0 Å². The molecule has 0 fully saturated rings. The molecule has 0 spiro atoms. The Labute approximate surface area is 104 Å². The van der Waals surface area contributed by atoms with Crippen LogP contribution in [-0.2, 0) is 14.4 Å². The van der Waals surface area contributed by atoms with Gasteiger partial charge in [0, 0.05) is 13.0 Å². The third-order valence-corrected chi connectivity index (χ3v) is 2.16. The summed E-state index contributed by atoms with van der Waals surface area (Å²) in [6.45, 7) is 0.518. The maximum atomic E-state index is 11.6. The molecule has 0 aliphatic heterocycles. The summed E-state index contributed by atoms with van der Waals surface area (Å²) in [7, 11) is 0. The Morgan fingerprint density at radius 2 is 1.83 bits per heavy atom. The van der Waals surface area contributed by atoms with Crippen molar-refractivity contribution < 1.29 is 19.5 Å². The largest absolute Gasteiger partial charge is 0.480 e. The molecule has 0 saturated carbocycles. The van der Waals surface area contributed by atoms with E-state index in [4.69, 9.17) is 5.11 Å². The zero-order valence-corrected chi connectivity index (χ0v) is 9.87. The maximum absolute atomic E-state index is 11.6. The van der Waals surface area contributed by atoms with E-state index >= 15 is 0 Å². The third-order valence-electron chi connectivity index (χ3n) is 2.16. The van der Waals surface area contributed by atoms with E-state index < -0.39 is 24.3 Å². The minimum atomic E-state index is -1.23. The van der Waals surface area contributed by atoms with Gasteiger partial charge in [0.05, 0.1) is 0 Å². The number of hydrogen-bond donors (Lipinski definition) is 1. The SMILES string of the molecule is CC(=O)N(CC(=O)O)C(=O)C=Cc1ccccc1. The third kappa shape index (κ3) is 4.21. The Morgan fingerprint density at radius 3 is 2.33 bits per heavy atom. The van der Waals surface area contributed by atoms with Crippen LogP contribution >= 0.6 is 0 Å². The molecule has 5 heteroatoms. The zero-order chi connectivity index (χ0) is 13.5. The van der Waals surface area contributed by atoms with E-state index in [1.807, 2.05) is 18.2 Å². The number of carboxylic acids is 1. The Balaban J connectivity index is 2.76. The van der Waals surface area contributed by atoms with Crippen molar-refractivity contribution in [1.29, 1.82) is 0 Å². The normalized spacial score (nSPS) is 10.3. The molecule has 0 aliphatic carbocycles. The van der Waals surface area contributed by atoms with Crippen molar-refractivity contribution in [2.24, 2.45) is 0 Å². The number of carbonyl (C=O) groups excluding carboxylic acids is 2. The van der Waals surface area contributed by atoms with E-state index in [1.165, 1.54) is 12.2 Å². The fraction of sp³-hybridized carbons (Fsp3) is 0.154. The predicted molar refractivity (Wildman–Crippen MR) is 65.5 cm³/mol. The number of amides is 2. The van der Waals surface area contributed by atoms with Gasteiger partial charge in [-0.3, -0.25) is 19.3 Å². The van der Waals surface area contributed by atoms with Crippen LogP contribution in [0.3, 0.4) is 0 Å². The van der Waals surface area contributed by atoms with Gasteiger partial charge >= 0.3 is 5.97 Å². The molecule has 0 heterocycles. The fourth-order valence-corrected chi connectivity index (χ4v) is 1.30. The highest BCUT2D eigenvalue weighted by Crippen LogP contribution is 2.02. The lowest BCUT2D eigenvalue weighted by atomic mass is 10.2. The van der Waals surface area contributed by atoms with Crippen LogP contribution in [0.4, 0.5) is 0 Å². The van der Waals surface area contributed by atoms with Crippen LogP contribution in [-0.4, -0.2) is 34.3 Å². The van der Waals surface area contributed by atoms with Gasteiger partial charge in [-0.1, -0.05) is 30.3 Å². The molecule has 0 aromatic heterocycles. The van der Waals surface area contributed by atoms with Gasteiger partial charge < -0.3 is 5.11 Å². The van der Waals surface area contributed by atoms with E-state index in [0.29, 0.717) is 4.90 Å². The molecule has 0 unspecified atom stereocenters. The van der Waals surface area contributed by atoms with Gasteiger partial charge in [-0.05, 0) is 11.6 Å². The van der Waals surface area contributed by atoms with Crippen LogP contribution < -0.4 is 0 Å². The Bertz CT molecular complexity index is 479. The molecular weight excluding hydrogens is 234 g/mol. The summed E-state index contributed by atoms with van der Waals surface area (Å²) >= 11 is 0. The van der Waals surface area contributed by atoms with Crippen LogP contribution in [0.1, 0.15) is 12.5 Å². The molecule has 18 heavy (non-hydrogen) atoms. The highest BCUT2D eigenvalue weighted by Gasteiger charge is 2.18. The minimum Gasteiger partial charge on any atom is -0.480 e. The number of rotatable bonds is 4. The maximum Gasteiger partial charge on any atom is 0.323 e. The van der Waals surface area contributed by atoms with Gasteiger partial charge in [0.2, 0.25) is 5.91 Å². The smallest absolute Gasteiger partial charge is 0.323 e. The second-order valence-electron chi connectivity index (χ2n) is 3.58. The summed E-state index contributed by atoms with van der Waals surface area (Å²) in [5.41, 5.74) is 0.796. The van der Waals surface area contributed by atoms with Crippen molar-refractivity contribution in [2.75, 3.05) is 6.54 Å². The van der Waals surface area contributed by atoms with Crippen molar-refractivity contribution in [3.05, 3.63) is 42.0 Å². The number of benzene rings is 1. The Hall–Kier alpha value is -2.43. The van der Waals surface area contributed by atoms with Gasteiger partial charge in [-0.25, -0.2) is 0 Å². The lowest BCUT2D eigenvalue weighted by Crippen LogP contribution is -2.38. The molecule has 1 N–H and O–H groups in total. The van der Waals surface area contributed by atoms with E-state index in [-0.39, 0.29) is 0 Å². The predicted octanol–water partition coefficient (Wildman–Crippen LogP) is 1.16. The lowest BCUT2D eigenvalue weighted by Gasteiger charge is -2.14. The average molecular weight is 247 g/mol. The summed E-state index contributed by atoms with van der Waals surface area (Å²) in [4.78, 5) is 34.0. The Morgan fingerprint density at radius 1 is 1.22 bits per heavy atom. The molecule has 0 atom stereocenters. The second kappa shape index (κ2) is 6.34. The van der Waals surface area contributed by atoms with Crippen molar-refractivity contribution in [3.8, 4) is 0 Å². The summed E-state index contributed by atoms with van der Waals surface area (Å²) < 4.78 is 0. The quantitative estimate of drug-likeness (QED) is 0.810. The number of carbonyl (C=O) groups is 3. The number of imide groups is 1. The van der Waals surface area contributed by atoms with Gasteiger partial charge in [-0.15, -0.1) is 0 Å². The van der Waals surface area contributed by atoms with Crippen LogP contribution in [0.15, 0.2) is 36.4 Å². The van der Waals surface area contributed by atoms with E-state index in [0.717, 1.165) is 12.5 Å². The van der Waals surface area contributed by atoms with Crippen LogP contribution in [0.2, 0.25) is 0 Å². The number of hydrogen-bond acceptors (Lipinski definition) is 3. The first-order chi connectivity index (χ1) is 8.50. The summed E-state index contributed by atoms with van der Waals surface area (Å²) in [6, 6.07) is 9.04. The van der Waals surface area contributed by atoms with Crippen LogP contribution in [0.25, 0.3) is 6.08 Å². The van der Waals surface area contributed by atoms with E-state index in [9.17, 15) is 14.4 Å². The molecule has 2 amide bonds. The van der Waals surface area contributed by atoms with Gasteiger partial charge in [0.15, 0.2) is 0 Å². The molecule has 0 bridgehead atoms. The topological polar surface area (TPSA) is 74.7 Å². The summed E-state index contributed by atoms with van der Waals surface area (Å²) in [5.74, 6) is -2.47. The monoisotopic (exact) mass is 247 g/mol. The average Bonchev–Trinajstić information content (AvgIpc) is 2.34. The van der Waals surface area contributed by atoms with E-state index in [2.05, 4.69) is 0 Å². The van der Waals surface area contributed by atoms with Crippen molar-refractivity contribution >= 4 is 23.9 Å². The lowest BCUT2D eigenvalue weighted by molar-refractivity contribution is -0.149. The Kier molecular flexibility index (Phi) is 4.80. The first-order valence-corrected chi connectivity index (χ1v) is 5.27. The molecule has 1 aromatic rings. The minimum absolute atomic E-state index is 0.597. The van der Waals surface area contributed by atoms with Crippen LogP contribution in [0, 0.1) is 0 Å². The highest BCUT2D eigenvalue weighted by molar-refractivity contribution is 6.04. The van der Waals surface area contributed by atoms with E-state index in [1.54, 1.807) is 12.1 Å². The second-order valence-corrected chi connectivity index (χ2v) is 3.58.